The van der Waals surface area contributed by atoms with Crippen molar-refractivity contribution in [2.45, 2.75) is 66.1 Å². The highest BCUT2D eigenvalue weighted by Crippen LogP contribution is 2.07. The second-order valence-corrected chi connectivity index (χ2v) is 5.91. The normalized spacial score (nSPS) is 12.9. The zero-order valence-electron chi connectivity index (χ0n) is 13.9. The van der Waals surface area contributed by atoms with Crippen LogP contribution in [-0.4, -0.2) is 33.5 Å². The molecule has 6 nitrogen and oxygen atoms in total. The molecule has 0 fully saturated rings. The Labute approximate surface area is 127 Å². The lowest BCUT2D eigenvalue weighted by atomic mass is 10.1. The van der Waals surface area contributed by atoms with E-state index in [-0.39, 0.29) is 18.0 Å². The van der Waals surface area contributed by atoms with Crippen LogP contribution in [0, 0.1) is 5.92 Å². The standard InChI is InChI=1S/C15H29N5O/c1-6-13(7-2)17-15(21)12(5)20-10-14(18-19-20)9-16-8-11(3)4/h10-13,16H,6-9H2,1-5H3,(H,17,21). The first kappa shape index (κ1) is 17.6. The van der Waals surface area contributed by atoms with Gasteiger partial charge in [-0.25, -0.2) is 4.68 Å². The Kier molecular flexibility index (Phi) is 7.36. The summed E-state index contributed by atoms with van der Waals surface area (Å²) in [6, 6.07) is -0.104. The Morgan fingerprint density at radius 3 is 2.52 bits per heavy atom. The van der Waals surface area contributed by atoms with Crippen LogP contribution < -0.4 is 10.6 Å². The number of hydrogen-bond acceptors (Lipinski definition) is 4. The molecule has 1 aromatic heterocycles. The van der Waals surface area contributed by atoms with E-state index in [1.165, 1.54) is 0 Å². The first-order valence-corrected chi connectivity index (χ1v) is 7.89. The van der Waals surface area contributed by atoms with E-state index in [2.05, 4.69) is 48.6 Å². The van der Waals surface area contributed by atoms with E-state index in [9.17, 15) is 4.79 Å². The number of rotatable bonds is 9. The Hall–Kier alpha value is -1.43. The molecule has 120 valence electrons. The summed E-state index contributed by atoms with van der Waals surface area (Å²) in [7, 11) is 0. The van der Waals surface area contributed by atoms with Crippen LogP contribution in [0.4, 0.5) is 0 Å². The fourth-order valence-corrected chi connectivity index (χ4v) is 2.01. The van der Waals surface area contributed by atoms with Gasteiger partial charge in [-0.05, 0) is 32.2 Å². The monoisotopic (exact) mass is 295 g/mol. The summed E-state index contributed by atoms with van der Waals surface area (Å²) >= 11 is 0. The molecule has 2 N–H and O–H groups in total. The van der Waals surface area contributed by atoms with Gasteiger partial charge in [-0.3, -0.25) is 4.79 Å². The molecule has 1 aromatic rings. The van der Waals surface area contributed by atoms with Gasteiger partial charge in [0, 0.05) is 12.6 Å². The molecular weight excluding hydrogens is 266 g/mol. The van der Waals surface area contributed by atoms with Crippen molar-refractivity contribution in [1.82, 2.24) is 25.6 Å². The fourth-order valence-electron chi connectivity index (χ4n) is 2.01. The maximum absolute atomic E-state index is 12.2. The predicted molar refractivity (Wildman–Crippen MR) is 83.8 cm³/mol. The molecule has 1 atom stereocenters. The van der Waals surface area contributed by atoms with E-state index >= 15 is 0 Å². The van der Waals surface area contributed by atoms with Gasteiger partial charge in [-0.2, -0.15) is 0 Å². The average Bonchev–Trinajstić information content (AvgIpc) is 2.92. The fraction of sp³-hybridized carbons (Fsp3) is 0.800. The summed E-state index contributed by atoms with van der Waals surface area (Å²) in [5, 5.41) is 14.5. The SMILES string of the molecule is CCC(CC)NC(=O)C(C)n1cc(CNCC(C)C)nn1. The molecule has 21 heavy (non-hydrogen) atoms. The number of carbonyl (C=O) groups is 1. The topological polar surface area (TPSA) is 71.8 Å². The number of nitrogens with one attached hydrogen (secondary N) is 2. The van der Waals surface area contributed by atoms with Crippen molar-refractivity contribution in [2.75, 3.05) is 6.54 Å². The minimum absolute atomic E-state index is 0.00436. The number of nitrogens with zero attached hydrogens (tertiary/aromatic N) is 3. The maximum Gasteiger partial charge on any atom is 0.244 e. The molecule has 6 heteroatoms. The van der Waals surface area contributed by atoms with Gasteiger partial charge < -0.3 is 10.6 Å². The van der Waals surface area contributed by atoms with E-state index in [4.69, 9.17) is 0 Å². The Balaban J connectivity index is 2.52. The van der Waals surface area contributed by atoms with E-state index in [0.717, 1.165) is 25.1 Å². The lowest BCUT2D eigenvalue weighted by Crippen LogP contribution is -2.38. The van der Waals surface area contributed by atoms with Crippen molar-refractivity contribution in [2.24, 2.45) is 5.92 Å². The summed E-state index contributed by atoms with van der Waals surface area (Å²) in [4.78, 5) is 12.2. The summed E-state index contributed by atoms with van der Waals surface area (Å²) < 4.78 is 1.63. The van der Waals surface area contributed by atoms with Crippen molar-refractivity contribution >= 4 is 5.91 Å². The second-order valence-electron chi connectivity index (χ2n) is 5.91. The third-order valence-electron chi connectivity index (χ3n) is 3.52. The molecule has 0 aromatic carbocycles. The van der Waals surface area contributed by atoms with Gasteiger partial charge in [0.15, 0.2) is 0 Å². The van der Waals surface area contributed by atoms with Gasteiger partial charge in [0.05, 0.1) is 11.9 Å². The van der Waals surface area contributed by atoms with Crippen molar-refractivity contribution < 1.29 is 4.79 Å². The van der Waals surface area contributed by atoms with Gasteiger partial charge in [-0.1, -0.05) is 32.9 Å². The van der Waals surface area contributed by atoms with Gasteiger partial charge in [-0.15, -0.1) is 5.10 Å². The quantitative estimate of drug-likeness (QED) is 0.730. The zero-order valence-corrected chi connectivity index (χ0v) is 13.9. The average molecular weight is 295 g/mol. The van der Waals surface area contributed by atoms with Crippen molar-refractivity contribution in [3.63, 3.8) is 0 Å². The van der Waals surface area contributed by atoms with Crippen LogP contribution >= 0.6 is 0 Å². The minimum Gasteiger partial charge on any atom is -0.352 e. The summed E-state index contributed by atoms with van der Waals surface area (Å²) in [5.74, 6) is 0.597. The number of aromatic nitrogens is 3. The second kappa shape index (κ2) is 8.77. The van der Waals surface area contributed by atoms with Gasteiger partial charge >= 0.3 is 0 Å². The highest BCUT2D eigenvalue weighted by atomic mass is 16.2. The van der Waals surface area contributed by atoms with Crippen molar-refractivity contribution in [3.8, 4) is 0 Å². The van der Waals surface area contributed by atoms with Gasteiger partial charge in [0.1, 0.15) is 6.04 Å². The molecule has 1 heterocycles. The maximum atomic E-state index is 12.2. The first-order chi connectivity index (χ1) is 9.97. The first-order valence-electron chi connectivity index (χ1n) is 7.89. The molecule has 0 saturated heterocycles. The molecule has 0 saturated carbocycles. The molecule has 0 radical (unpaired) electrons. The highest BCUT2D eigenvalue weighted by Gasteiger charge is 2.18. The molecule has 1 unspecified atom stereocenters. The molecule has 0 aliphatic carbocycles. The molecule has 0 spiro atoms. The van der Waals surface area contributed by atoms with Crippen LogP contribution in [0.1, 0.15) is 59.2 Å². The lowest BCUT2D eigenvalue weighted by Gasteiger charge is -2.18. The van der Waals surface area contributed by atoms with E-state index < -0.39 is 0 Å². The number of hydrogen-bond donors (Lipinski definition) is 2. The van der Waals surface area contributed by atoms with E-state index in [0.29, 0.717) is 12.5 Å². The van der Waals surface area contributed by atoms with Crippen LogP contribution in [0.15, 0.2) is 6.20 Å². The van der Waals surface area contributed by atoms with Crippen LogP contribution in [0.5, 0.6) is 0 Å². The zero-order chi connectivity index (χ0) is 15.8. The van der Waals surface area contributed by atoms with Gasteiger partial charge in [0.25, 0.3) is 0 Å². The lowest BCUT2D eigenvalue weighted by molar-refractivity contribution is -0.124. The van der Waals surface area contributed by atoms with Crippen LogP contribution in [0.2, 0.25) is 0 Å². The summed E-state index contributed by atoms with van der Waals surface area (Å²) in [5.41, 5.74) is 0.859. The van der Waals surface area contributed by atoms with Crippen LogP contribution in [0.25, 0.3) is 0 Å². The van der Waals surface area contributed by atoms with E-state index in [1.54, 1.807) is 4.68 Å². The minimum atomic E-state index is -0.336. The Bertz CT molecular complexity index is 425. The predicted octanol–water partition coefficient (Wildman–Crippen LogP) is 1.89. The Morgan fingerprint density at radius 1 is 1.29 bits per heavy atom. The largest absolute Gasteiger partial charge is 0.352 e. The number of carbonyl (C=O) groups excluding carboxylic acids is 1. The summed E-state index contributed by atoms with van der Waals surface area (Å²) in [6.45, 7) is 11.9. The third-order valence-corrected chi connectivity index (χ3v) is 3.52. The molecule has 0 aliphatic heterocycles. The Morgan fingerprint density at radius 2 is 1.95 bits per heavy atom. The van der Waals surface area contributed by atoms with Gasteiger partial charge in [0.2, 0.25) is 5.91 Å². The molecular formula is C15H29N5O. The summed E-state index contributed by atoms with van der Waals surface area (Å²) in [6.07, 6.45) is 3.72. The molecule has 0 aliphatic rings. The molecule has 0 bridgehead atoms. The van der Waals surface area contributed by atoms with Crippen molar-refractivity contribution in [3.05, 3.63) is 11.9 Å². The smallest absolute Gasteiger partial charge is 0.244 e. The number of amides is 1. The molecule has 1 rings (SSSR count). The van der Waals surface area contributed by atoms with Crippen molar-refractivity contribution in [1.29, 1.82) is 0 Å². The molecule has 1 amide bonds. The van der Waals surface area contributed by atoms with Crippen LogP contribution in [0.3, 0.4) is 0 Å². The highest BCUT2D eigenvalue weighted by molar-refractivity contribution is 5.80. The van der Waals surface area contributed by atoms with Crippen LogP contribution in [-0.2, 0) is 11.3 Å². The van der Waals surface area contributed by atoms with E-state index in [1.807, 2.05) is 13.1 Å². The third kappa shape index (κ3) is 5.83.